The van der Waals surface area contributed by atoms with Crippen molar-refractivity contribution in [3.05, 3.63) is 46.1 Å². The number of nitrogens with zero attached hydrogens (tertiary/aromatic N) is 2. The Hall–Kier alpha value is -1.24. The number of hydrogen-bond donors (Lipinski definition) is 0. The highest BCUT2D eigenvalue weighted by atomic mass is 35.5. The number of rotatable bonds is 3. The number of benzene rings is 1. The van der Waals surface area contributed by atoms with Crippen LogP contribution in [0.1, 0.15) is 18.0 Å². The molecule has 1 heterocycles. The lowest BCUT2D eigenvalue weighted by molar-refractivity contribution is 0.319. The molecular weight excluding hydrogens is 335 g/mol. The second-order valence-corrected chi connectivity index (χ2v) is 7.13. The van der Waals surface area contributed by atoms with Crippen LogP contribution in [0.4, 0.5) is 0 Å². The van der Waals surface area contributed by atoms with Gasteiger partial charge in [0.1, 0.15) is 5.71 Å². The fourth-order valence-electron chi connectivity index (χ4n) is 2.00. The normalized spacial score (nSPS) is 21.3. The van der Waals surface area contributed by atoms with Gasteiger partial charge < -0.3 is 4.90 Å². The molecule has 2 rings (SSSR count). The molecule has 0 bridgehead atoms. The average molecular weight is 349 g/mol. The predicted octanol–water partition coefficient (Wildman–Crippen LogP) is 3.13. The van der Waals surface area contributed by atoms with E-state index in [4.69, 9.17) is 23.2 Å². The van der Waals surface area contributed by atoms with Crippen LogP contribution in [0.3, 0.4) is 0 Å². The van der Waals surface area contributed by atoms with Crippen molar-refractivity contribution in [2.75, 3.05) is 13.3 Å². The van der Waals surface area contributed by atoms with Gasteiger partial charge in [0.15, 0.2) is 0 Å². The van der Waals surface area contributed by atoms with E-state index in [1.807, 2.05) is 24.1 Å². The lowest BCUT2D eigenvalue weighted by Gasteiger charge is -2.31. The fourth-order valence-corrected chi connectivity index (χ4v) is 2.62. The summed E-state index contributed by atoms with van der Waals surface area (Å²) < 4.78 is 26.5. The Morgan fingerprint density at radius 1 is 1.29 bits per heavy atom. The number of halogens is 2. The van der Waals surface area contributed by atoms with Gasteiger partial charge in [0.2, 0.25) is 0 Å². The van der Waals surface area contributed by atoms with Crippen LogP contribution < -0.4 is 0 Å². The van der Waals surface area contributed by atoms with Crippen molar-refractivity contribution in [3.8, 4) is 0 Å². The number of oxime groups is 1. The van der Waals surface area contributed by atoms with Gasteiger partial charge in [-0.1, -0.05) is 40.5 Å². The highest BCUT2D eigenvalue weighted by Crippen LogP contribution is 2.32. The Morgan fingerprint density at radius 2 is 1.90 bits per heavy atom. The van der Waals surface area contributed by atoms with Crippen molar-refractivity contribution in [2.45, 2.75) is 12.5 Å². The standard InChI is InChI=1S/C13H14Cl2N2O3S/c1-17-8-11(15)12(16-20-21(2,18)19)7-13(17)9-3-5-10(14)6-4-9/h3-6,8,13H,7H2,1-2H3/b16-12+. The van der Waals surface area contributed by atoms with Crippen molar-refractivity contribution in [3.63, 3.8) is 0 Å². The minimum Gasteiger partial charge on any atom is -0.372 e. The van der Waals surface area contributed by atoms with Gasteiger partial charge in [-0.15, -0.1) is 0 Å². The van der Waals surface area contributed by atoms with Crippen LogP contribution in [0.5, 0.6) is 0 Å². The Labute approximate surface area is 133 Å². The molecule has 1 atom stereocenters. The molecule has 114 valence electrons. The van der Waals surface area contributed by atoms with E-state index >= 15 is 0 Å². The van der Waals surface area contributed by atoms with Crippen LogP contribution >= 0.6 is 23.2 Å². The summed E-state index contributed by atoms with van der Waals surface area (Å²) in [6.07, 6.45) is 3.05. The molecule has 0 aromatic heterocycles. The number of hydrogen-bond acceptors (Lipinski definition) is 5. The monoisotopic (exact) mass is 348 g/mol. The third kappa shape index (κ3) is 4.36. The molecule has 0 fully saturated rings. The summed E-state index contributed by atoms with van der Waals surface area (Å²) >= 11 is 12.0. The summed E-state index contributed by atoms with van der Waals surface area (Å²) in [7, 11) is -1.77. The first-order valence-electron chi connectivity index (χ1n) is 6.07. The topological polar surface area (TPSA) is 59.0 Å². The Balaban J connectivity index is 2.28. The first kappa shape index (κ1) is 16.1. The molecule has 1 unspecified atom stereocenters. The molecule has 1 aliphatic heterocycles. The summed E-state index contributed by atoms with van der Waals surface area (Å²) in [5.41, 5.74) is 1.41. The average Bonchev–Trinajstić information content (AvgIpc) is 2.38. The van der Waals surface area contributed by atoms with Crippen LogP contribution in [-0.4, -0.2) is 32.3 Å². The third-order valence-electron chi connectivity index (χ3n) is 3.01. The minimum atomic E-state index is -3.65. The molecule has 0 saturated heterocycles. The molecule has 1 aromatic rings. The molecule has 0 N–H and O–H groups in total. The quantitative estimate of drug-likeness (QED) is 0.787. The molecule has 1 aromatic carbocycles. The maximum atomic E-state index is 11.0. The highest BCUT2D eigenvalue weighted by Gasteiger charge is 2.25. The van der Waals surface area contributed by atoms with Gasteiger partial charge in [0, 0.05) is 24.7 Å². The van der Waals surface area contributed by atoms with E-state index in [2.05, 4.69) is 9.44 Å². The van der Waals surface area contributed by atoms with Gasteiger partial charge in [-0.2, -0.15) is 8.42 Å². The molecule has 1 aliphatic rings. The van der Waals surface area contributed by atoms with E-state index in [0.717, 1.165) is 11.8 Å². The summed E-state index contributed by atoms with van der Waals surface area (Å²) in [5, 5.41) is 4.64. The van der Waals surface area contributed by atoms with E-state index in [-0.39, 0.29) is 6.04 Å². The largest absolute Gasteiger partial charge is 0.372 e. The van der Waals surface area contributed by atoms with Crippen LogP contribution in [0.15, 0.2) is 40.7 Å². The van der Waals surface area contributed by atoms with Crippen LogP contribution in [0, 0.1) is 0 Å². The second kappa shape index (κ2) is 6.25. The van der Waals surface area contributed by atoms with Crippen LogP contribution in [0.25, 0.3) is 0 Å². The molecular formula is C13H14Cl2N2O3S. The lowest BCUT2D eigenvalue weighted by Crippen LogP contribution is -2.27. The summed E-state index contributed by atoms with van der Waals surface area (Å²) in [4.78, 5) is 1.94. The van der Waals surface area contributed by atoms with Gasteiger partial charge in [0.25, 0.3) is 0 Å². The van der Waals surface area contributed by atoms with Crippen molar-refractivity contribution < 1.29 is 12.7 Å². The van der Waals surface area contributed by atoms with E-state index in [1.165, 1.54) is 0 Å². The molecule has 21 heavy (non-hydrogen) atoms. The maximum Gasteiger partial charge on any atom is 0.325 e. The van der Waals surface area contributed by atoms with Crippen LogP contribution in [-0.2, 0) is 14.4 Å². The first-order valence-corrected chi connectivity index (χ1v) is 8.64. The highest BCUT2D eigenvalue weighted by molar-refractivity contribution is 7.85. The zero-order valence-electron chi connectivity index (χ0n) is 11.5. The predicted molar refractivity (Wildman–Crippen MR) is 83.9 cm³/mol. The SMILES string of the molecule is CN1C=C(Cl)/C(=N/OS(C)(=O)=O)CC1c1ccc(Cl)cc1. The molecule has 0 saturated carbocycles. The van der Waals surface area contributed by atoms with Gasteiger partial charge in [-0.05, 0) is 17.7 Å². The summed E-state index contributed by atoms with van der Waals surface area (Å²) in [5.74, 6) is 0. The van der Waals surface area contributed by atoms with Crippen LogP contribution in [0.2, 0.25) is 5.02 Å². The Morgan fingerprint density at radius 3 is 2.48 bits per heavy atom. The van der Waals surface area contributed by atoms with Gasteiger partial charge in [-0.25, -0.2) is 0 Å². The lowest BCUT2D eigenvalue weighted by atomic mass is 9.97. The van der Waals surface area contributed by atoms with Crippen molar-refractivity contribution in [1.82, 2.24) is 4.90 Å². The zero-order valence-corrected chi connectivity index (χ0v) is 13.8. The van der Waals surface area contributed by atoms with Crippen molar-refractivity contribution >= 4 is 39.0 Å². The first-order chi connectivity index (χ1) is 9.76. The molecule has 0 aliphatic carbocycles. The smallest absolute Gasteiger partial charge is 0.325 e. The van der Waals surface area contributed by atoms with Gasteiger partial charge in [-0.3, -0.25) is 4.28 Å². The van der Waals surface area contributed by atoms with E-state index in [1.54, 1.807) is 18.3 Å². The molecule has 5 nitrogen and oxygen atoms in total. The van der Waals surface area contributed by atoms with E-state index in [0.29, 0.717) is 22.2 Å². The van der Waals surface area contributed by atoms with Gasteiger partial charge in [0.05, 0.1) is 17.3 Å². The minimum absolute atomic E-state index is 0.0216. The summed E-state index contributed by atoms with van der Waals surface area (Å²) in [6.45, 7) is 0. The van der Waals surface area contributed by atoms with E-state index < -0.39 is 10.1 Å². The summed E-state index contributed by atoms with van der Waals surface area (Å²) in [6, 6.07) is 7.40. The molecule has 0 radical (unpaired) electrons. The van der Waals surface area contributed by atoms with E-state index in [9.17, 15) is 8.42 Å². The van der Waals surface area contributed by atoms with Gasteiger partial charge >= 0.3 is 10.1 Å². The van der Waals surface area contributed by atoms with Crippen molar-refractivity contribution in [1.29, 1.82) is 0 Å². The third-order valence-corrected chi connectivity index (χ3v) is 3.92. The number of allylic oxidation sites excluding steroid dienone is 1. The Bertz CT molecular complexity index is 684. The molecule has 8 heteroatoms. The zero-order chi connectivity index (χ0) is 15.6. The van der Waals surface area contributed by atoms with Crippen molar-refractivity contribution in [2.24, 2.45) is 5.16 Å². The molecule has 0 spiro atoms. The Kier molecular flexibility index (Phi) is 4.81. The fraction of sp³-hybridized carbons (Fsp3) is 0.308. The maximum absolute atomic E-state index is 11.0. The molecule has 0 amide bonds. The second-order valence-electron chi connectivity index (χ2n) is 4.73.